The Kier molecular flexibility index (Phi) is 5.80. The molecule has 0 atom stereocenters. The molecular weight excluding hydrogens is 330 g/mol. The number of halogens is 1. The third-order valence-electron chi connectivity index (χ3n) is 3.24. The van der Waals surface area contributed by atoms with E-state index >= 15 is 0 Å². The molecule has 0 bridgehead atoms. The Morgan fingerprint density at radius 3 is 1.95 bits per heavy atom. The summed E-state index contributed by atoms with van der Waals surface area (Å²) in [5, 5.41) is 0. The van der Waals surface area contributed by atoms with E-state index in [0.717, 1.165) is 17.6 Å². The van der Waals surface area contributed by atoms with Gasteiger partial charge in [0.25, 0.3) is 0 Å². The van der Waals surface area contributed by atoms with E-state index in [0.29, 0.717) is 11.6 Å². The topological polar surface area (TPSA) is 81.1 Å². The molecule has 0 amide bonds. The first-order valence-electron chi connectivity index (χ1n) is 6.98. The number of hydrogen-bond acceptors (Lipinski definition) is 5. The highest BCUT2D eigenvalue weighted by molar-refractivity contribution is 9.10. The van der Waals surface area contributed by atoms with E-state index in [4.69, 9.17) is 11.5 Å². The maximum atomic E-state index is 5.53. The van der Waals surface area contributed by atoms with Gasteiger partial charge >= 0.3 is 0 Å². The molecule has 3 rings (SSSR count). The minimum absolute atomic E-state index is 0.549. The molecule has 21 heavy (non-hydrogen) atoms. The van der Waals surface area contributed by atoms with E-state index in [1.165, 1.54) is 24.9 Å². The average molecular weight is 350 g/mol. The molecule has 5 nitrogen and oxygen atoms in total. The van der Waals surface area contributed by atoms with Crippen LogP contribution in [0.4, 0.5) is 17.3 Å². The summed E-state index contributed by atoms with van der Waals surface area (Å²) in [5.41, 5.74) is 12.0. The predicted octanol–water partition coefficient (Wildman–Crippen LogP) is 3.08. The summed E-state index contributed by atoms with van der Waals surface area (Å²) >= 11 is 3.23. The summed E-state index contributed by atoms with van der Waals surface area (Å²) in [6, 6.07) is 7.50. The Balaban J connectivity index is 0.000000173. The van der Waals surface area contributed by atoms with Crippen molar-refractivity contribution in [2.24, 2.45) is 0 Å². The number of piperidine rings is 1. The monoisotopic (exact) mass is 349 g/mol. The summed E-state index contributed by atoms with van der Waals surface area (Å²) in [7, 11) is 0. The quantitative estimate of drug-likeness (QED) is 0.826. The number of pyridine rings is 2. The molecule has 6 heteroatoms. The SMILES string of the molecule is Nc1ccc(Br)cn1.Nc1ccc(N2CCCCC2)cn1. The van der Waals surface area contributed by atoms with Gasteiger partial charge in [0.2, 0.25) is 0 Å². The highest BCUT2D eigenvalue weighted by Gasteiger charge is 2.10. The fraction of sp³-hybridized carbons (Fsp3) is 0.333. The fourth-order valence-electron chi connectivity index (χ4n) is 2.12. The molecule has 0 unspecified atom stereocenters. The second-order valence-corrected chi connectivity index (χ2v) is 5.81. The van der Waals surface area contributed by atoms with Crippen molar-refractivity contribution in [1.82, 2.24) is 9.97 Å². The van der Waals surface area contributed by atoms with E-state index in [2.05, 4.69) is 30.8 Å². The zero-order chi connectivity index (χ0) is 15.1. The van der Waals surface area contributed by atoms with Gasteiger partial charge in [-0.05, 0) is 59.5 Å². The lowest BCUT2D eigenvalue weighted by Crippen LogP contribution is -2.29. The Bertz CT molecular complexity index is 514. The second-order valence-electron chi connectivity index (χ2n) is 4.89. The van der Waals surface area contributed by atoms with Gasteiger partial charge in [0, 0.05) is 23.8 Å². The highest BCUT2D eigenvalue weighted by Crippen LogP contribution is 2.18. The van der Waals surface area contributed by atoms with E-state index in [1.54, 1.807) is 12.3 Å². The molecule has 1 aliphatic heterocycles. The molecule has 0 saturated carbocycles. The van der Waals surface area contributed by atoms with Crippen LogP contribution in [0.2, 0.25) is 0 Å². The van der Waals surface area contributed by atoms with Crippen molar-refractivity contribution < 1.29 is 0 Å². The van der Waals surface area contributed by atoms with Crippen LogP contribution >= 0.6 is 15.9 Å². The van der Waals surface area contributed by atoms with Crippen molar-refractivity contribution in [1.29, 1.82) is 0 Å². The predicted molar refractivity (Wildman–Crippen MR) is 91.1 cm³/mol. The van der Waals surface area contributed by atoms with E-state index < -0.39 is 0 Å². The third-order valence-corrected chi connectivity index (χ3v) is 3.71. The van der Waals surface area contributed by atoms with Crippen molar-refractivity contribution in [3.05, 3.63) is 41.1 Å². The summed E-state index contributed by atoms with van der Waals surface area (Å²) in [5.74, 6) is 1.15. The van der Waals surface area contributed by atoms with Gasteiger partial charge in [-0.1, -0.05) is 0 Å². The lowest BCUT2D eigenvalue weighted by molar-refractivity contribution is 0.577. The number of nitrogens with two attached hydrogens (primary N) is 2. The van der Waals surface area contributed by atoms with Gasteiger partial charge in [-0.3, -0.25) is 0 Å². The maximum Gasteiger partial charge on any atom is 0.123 e. The molecule has 1 fully saturated rings. The molecule has 4 N–H and O–H groups in total. The molecular formula is C15H20BrN5. The van der Waals surface area contributed by atoms with Gasteiger partial charge in [0.1, 0.15) is 11.6 Å². The normalized spacial score (nSPS) is 14.2. The lowest BCUT2D eigenvalue weighted by Gasteiger charge is -2.28. The Morgan fingerprint density at radius 1 is 0.857 bits per heavy atom. The highest BCUT2D eigenvalue weighted by atomic mass is 79.9. The second kappa shape index (κ2) is 7.83. The van der Waals surface area contributed by atoms with Crippen LogP contribution in [-0.2, 0) is 0 Å². The molecule has 0 spiro atoms. The zero-order valence-electron chi connectivity index (χ0n) is 11.9. The Labute approximate surface area is 133 Å². The number of aromatic nitrogens is 2. The third kappa shape index (κ3) is 5.23. The first-order chi connectivity index (χ1) is 10.1. The molecule has 1 aliphatic rings. The smallest absolute Gasteiger partial charge is 0.123 e. The van der Waals surface area contributed by atoms with E-state index in [1.807, 2.05) is 24.4 Å². The summed E-state index contributed by atoms with van der Waals surface area (Å²) in [6.45, 7) is 2.32. The van der Waals surface area contributed by atoms with Crippen molar-refractivity contribution in [2.75, 3.05) is 29.5 Å². The number of hydrogen-bond donors (Lipinski definition) is 2. The number of anilines is 3. The van der Waals surface area contributed by atoms with Crippen LogP contribution in [0.25, 0.3) is 0 Å². The molecule has 0 aromatic carbocycles. The van der Waals surface area contributed by atoms with E-state index in [-0.39, 0.29) is 0 Å². The minimum Gasteiger partial charge on any atom is -0.384 e. The van der Waals surface area contributed by atoms with Crippen molar-refractivity contribution in [3.8, 4) is 0 Å². The van der Waals surface area contributed by atoms with Crippen molar-refractivity contribution in [2.45, 2.75) is 19.3 Å². The van der Waals surface area contributed by atoms with Crippen molar-refractivity contribution in [3.63, 3.8) is 0 Å². The molecule has 1 saturated heterocycles. The average Bonchev–Trinajstić information content (AvgIpc) is 2.52. The first kappa shape index (κ1) is 15.6. The van der Waals surface area contributed by atoms with Gasteiger partial charge in [-0.25, -0.2) is 9.97 Å². The van der Waals surface area contributed by atoms with Gasteiger partial charge in [0.15, 0.2) is 0 Å². The largest absolute Gasteiger partial charge is 0.384 e. The Morgan fingerprint density at radius 2 is 1.48 bits per heavy atom. The molecule has 2 aromatic heterocycles. The summed E-state index contributed by atoms with van der Waals surface area (Å²) in [6.07, 6.45) is 7.48. The number of nitrogen functional groups attached to an aromatic ring is 2. The molecule has 3 heterocycles. The van der Waals surface area contributed by atoms with Crippen LogP contribution in [0.5, 0.6) is 0 Å². The van der Waals surface area contributed by atoms with Crippen molar-refractivity contribution >= 4 is 33.3 Å². The van der Waals surface area contributed by atoms with Crippen LogP contribution in [0.3, 0.4) is 0 Å². The Hall–Kier alpha value is -1.82. The summed E-state index contributed by atoms with van der Waals surface area (Å²) < 4.78 is 0.951. The van der Waals surface area contributed by atoms with Crippen LogP contribution in [-0.4, -0.2) is 23.1 Å². The standard InChI is InChI=1S/C10H15N3.C5H5BrN2/c11-10-5-4-9(8-12-10)13-6-2-1-3-7-13;6-4-1-2-5(7)8-3-4/h4-5,8H,1-3,6-7H2,(H2,11,12);1-3H,(H2,7,8). The summed E-state index contributed by atoms with van der Waals surface area (Å²) in [4.78, 5) is 10.3. The molecule has 0 radical (unpaired) electrons. The van der Waals surface area contributed by atoms with Gasteiger partial charge in [-0.2, -0.15) is 0 Å². The van der Waals surface area contributed by atoms with Crippen LogP contribution in [0.1, 0.15) is 19.3 Å². The first-order valence-corrected chi connectivity index (χ1v) is 7.78. The van der Waals surface area contributed by atoms with Crippen LogP contribution < -0.4 is 16.4 Å². The fourth-order valence-corrected chi connectivity index (χ4v) is 2.36. The van der Waals surface area contributed by atoms with Gasteiger partial charge in [0.05, 0.1) is 11.9 Å². The van der Waals surface area contributed by atoms with E-state index in [9.17, 15) is 0 Å². The molecule has 2 aromatic rings. The van der Waals surface area contributed by atoms with Crippen LogP contribution in [0, 0.1) is 0 Å². The van der Waals surface area contributed by atoms with Crippen LogP contribution in [0.15, 0.2) is 41.1 Å². The van der Waals surface area contributed by atoms with Gasteiger partial charge in [-0.15, -0.1) is 0 Å². The lowest BCUT2D eigenvalue weighted by atomic mass is 10.1. The molecule has 0 aliphatic carbocycles. The molecule has 112 valence electrons. The minimum atomic E-state index is 0.549. The zero-order valence-corrected chi connectivity index (χ0v) is 13.5. The maximum absolute atomic E-state index is 5.53. The number of nitrogens with zero attached hydrogens (tertiary/aromatic N) is 3. The van der Waals surface area contributed by atoms with Gasteiger partial charge < -0.3 is 16.4 Å². The number of rotatable bonds is 1.